The van der Waals surface area contributed by atoms with Gasteiger partial charge in [-0.1, -0.05) is 86.6 Å². The fraction of sp³-hybridized carbons (Fsp3) is 0.464. The number of guanidine groups is 2. The van der Waals surface area contributed by atoms with Crippen LogP contribution in [-0.4, -0.2) is 156 Å². The van der Waals surface area contributed by atoms with E-state index >= 15 is 0 Å². The molecule has 28 nitrogen and oxygen atoms in total. The van der Waals surface area contributed by atoms with Gasteiger partial charge in [-0.15, -0.1) is 0 Å². The lowest BCUT2D eigenvalue weighted by Crippen LogP contribution is -2.61. The molecule has 22 N–H and O–H groups in total. The SMILES string of the molecule is CC(C)[C@H](NC(=O)[C@H](Cc1ccccc1)NC(=O)[C@H](Cc1ccc(O)cc1)NC(=O)CCN)C(=O)N[C@@H](Cc1ccccc1)C(=O)N[C@@H](CCCN=C(N)N)C(=O)N1CCC[C@H]1C(=O)N[C@@H](CCCN=C(N)N)C(=O)N[C@@H](CC(N)=O)C(N)=O. The van der Waals surface area contributed by atoms with Gasteiger partial charge in [0.25, 0.3) is 0 Å². The van der Waals surface area contributed by atoms with Gasteiger partial charge in [0.1, 0.15) is 54.1 Å². The van der Waals surface area contributed by atoms with Gasteiger partial charge in [-0.2, -0.15) is 0 Å². The van der Waals surface area contributed by atoms with E-state index in [1.54, 1.807) is 86.6 Å². The molecule has 0 saturated carbocycles. The van der Waals surface area contributed by atoms with Gasteiger partial charge in [-0.3, -0.25) is 57.9 Å². The predicted molar refractivity (Wildman–Crippen MR) is 312 cm³/mol. The molecule has 8 atom stereocenters. The van der Waals surface area contributed by atoms with E-state index in [9.17, 15) is 53.1 Å². The average molecular weight is 1170 g/mol. The monoisotopic (exact) mass is 1170 g/mol. The van der Waals surface area contributed by atoms with Crippen LogP contribution in [-0.2, 0) is 67.2 Å². The van der Waals surface area contributed by atoms with E-state index in [0.29, 0.717) is 23.1 Å². The summed E-state index contributed by atoms with van der Waals surface area (Å²) >= 11 is 0. The number of hydrogen-bond donors (Lipinski definition) is 15. The summed E-state index contributed by atoms with van der Waals surface area (Å²) in [6.07, 6.45) is -0.227. The Morgan fingerprint density at radius 3 is 1.50 bits per heavy atom. The van der Waals surface area contributed by atoms with E-state index in [0.717, 1.165) is 0 Å². The van der Waals surface area contributed by atoms with Crippen molar-refractivity contribution in [3.05, 3.63) is 102 Å². The number of aromatic hydroxyl groups is 1. The van der Waals surface area contributed by atoms with E-state index < -0.39 is 120 Å². The third-order valence-corrected chi connectivity index (χ3v) is 13.5. The molecular formula is C56H81N17O11. The number of phenolic OH excluding ortho intramolecular Hbond substituents is 1. The Morgan fingerprint density at radius 2 is 1.01 bits per heavy atom. The fourth-order valence-electron chi connectivity index (χ4n) is 9.19. The number of amides is 10. The van der Waals surface area contributed by atoms with E-state index in [4.69, 9.17) is 40.1 Å². The summed E-state index contributed by atoms with van der Waals surface area (Å²) in [5, 5.41) is 28.7. The quantitative estimate of drug-likeness (QED) is 0.0155. The van der Waals surface area contributed by atoms with Crippen LogP contribution < -0.4 is 77.4 Å². The lowest BCUT2D eigenvalue weighted by molar-refractivity contribution is -0.142. The molecule has 456 valence electrons. The van der Waals surface area contributed by atoms with E-state index in [-0.39, 0.29) is 102 Å². The number of carbonyl (C=O) groups excluding carboxylic acids is 10. The predicted octanol–water partition coefficient (Wildman–Crippen LogP) is -3.72. The highest BCUT2D eigenvalue weighted by Gasteiger charge is 2.40. The van der Waals surface area contributed by atoms with Crippen molar-refractivity contribution in [2.45, 2.75) is 133 Å². The fourth-order valence-corrected chi connectivity index (χ4v) is 9.19. The van der Waals surface area contributed by atoms with Crippen molar-refractivity contribution < 1.29 is 53.1 Å². The molecule has 1 aliphatic heterocycles. The third-order valence-electron chi connectivity index (χ3n) is 13.5. The van der Waals surface area contributed by atoms with Crippen LogP contribution in [0, 0.1) is 5.92 Å². The molecule has 0 bridgehead atoms. The number of nitrogens with one attached hydrogen (secondary N) is 7. The first kappa shape index (κ1) is 67.2. The Morgan fingerprint density at radius 1 is 0.560 bits per heavy atom. The maximum absolute atomic E-state index is 14.8. The van der Waals surface area contributed by atoms with E-state index in [1.807, 2.05) is 0 Å². The summed E-state index contributed by atoms with van der Waals surface area (Å²) < 4.78 is 0. The van der Waals surface area contributed by atoms with Crippen molar-refractivity contribution in [2.75, 3.05) is 26.2 Å². The van der Waals surface area contributed by atoms with Crippen molar-refractivity contribution >= 4 is 71.0 Å². The van der Waals surface area contributed by atoms with Gasteiger partial charge in [0.05, 0.1) is 6.42 Å². The molecule has 1 aliphatic rings. The number of nitrogens with two attached hydrogens (primary N) is 7. The summed E-state index contributed by atoms with van der Waals surface area (Å²) in [6.45, 7) is 3.48. The van der Waals surface area contributed by atoms with E-state index in [2.05, 4.69) is 47.2 Å². The Labute approximate surface area is 487 Å². The Hall–Kier alpha value is -9.34. The molecule has 0 spiro atoms. The molecule has 3 aromatic carbocycles. The van der Waals surface area contributed by atoms with Gasteiger partial charge in [-0.05, 0) is 73.3 Å². The van der Waals surface area contributed by atoms with Gasteiger partial charge in [0.2, 0.25) is 59.1 Å². The van der Waals surface area contributed by atoms with Crippen LogP contribution >= 0.6 is 0 Å². The van der Waals surface area contributed by atoms with Crippen molar-refractivity contribution in [3.8, 4) is 5.75 Å². The minimum absolute atomic E-state index is 0.00659. The molecule has 4 rings (SSSR count). The van der Waals surface area contributed by atoms with Crippen LogP contribution in [0.15, 0.2) is 94.9 Å². The summed E-state index contributed by atoms with van der Waals surface area (Å²) in [6, 6.07) is 12.9. The van der Waals surface area contributed by atoms with Crippen LogP contribution in [0.25, 0.3) is 0 Å². The van der Waals surface area contributed by atoms with Crippen LogP contribution in [0.5, 0.6) is 5.75 Å². The highest BCUT2D eigenvalue weighted by Crippen LogP contribution is 2.21. The van der Waals surface area contributed by atoms with Gasteiger partial charge in [0, 0.05) is 51.9 Å². The molecule has 84 heavy (non-hydrogen) atoms. The molecule has 3 aromatic rings. The lowest BCUT2D eigenvalue weighted by Gasteiger charge is -2.31. The van der Waals surface area contributed by atoms with Crippen molar-refractivity contribution in [2.24, 2.45) is 56.0 Å². The van der Waals surface area contributed by atoms with Crippen molar-refractivity contribution in [1.82, 2.24) is 42.1 Å². The highest BCUT2D eigenvalue weighted by molar-refractivity contribution is 5.99. The van der Waals surface area contributed by atoms with Gasteiger partial charge in [-0.25, -0.2) is 0 Å². The van der Waals surface area contributed by atoms with Crippen LogP contribution in [0.1, 0.15) is 81.9 Å². The zero-order chi connectivity index (χ0) is 61.9. The minimum Gasteiger partial charge on any atom is -0.508 e. The largest absolute Gasteiger partial charge is 0.508 e. The normalized spacial score (nSPS) is 15.2. The number of nitrogens with zero attached hydrogens (tertiary/aromatic N) is 3. The summed E-state index contributed by atoms with van der Waals surface area (Å²) in [5.41, 5.74) is 40.3. The van der Waals surface area contributed by atoms with Gasteiger partial charge >= 0.3 is 0 Å². The van der Waals surface area contributed by atoms with Crippen molar-refractivity contribution in [1.29, 1.82) is 0 Å². The number of rotatable bonds is 34. The molecule has 0 radical (unpaired) electrons. The molecule has 0 unspecified atom stereocenters. The standard InChI is InChI=1S/C56H81N17O11/c1-32(2)46(72-51(81)42(29-34-14-7-4-8-15-34)70-49(79)40(66-45(76)23-24-57)30-35-19-21-36(74)22-20-35)53(83)71-41(28-33-12-5-3-6-13-33)50(80)68-38(17-10-26-65-56(62)63)54(84)73-27-11-18-43(73)52(82)67-37(16-9-25-64-55(60)61)48(78)69-39(47(59)77)31-44(58)75/h3-8,12-15,19-22,32,37-43,46,74H,9-11,16-18,23-31,57H2,1-2H3,(H2,58,75)(H2,59,77)(H,66,76)(H,67,82)(H,68,80)(H,69,78)(H,70,79)(H,71,83)(H,72,81)(H4,60,61,64)(H4,62,63,65)/t37-,38-,39-,40-,41-,42-,43-,46-/m0/s1. The maximum atomic E-state index is 14.8. The number of primary amides is 2. The zero-order valence-electron chi connectivity index (χ0n) is 47.3. The van der Waals surface area contributed by atoms with Gasteiger partial charge < -0.3 is 87.4 Å². The van der Waals surface area contributed by atoms with Crippen LogP contribution in [0.4, 0.5) is 0 Å². The summed E-state index contributed by atoms with van der Waals surface area (Å²) in [7, 11) is 0. The second-order valence-corrected chi connectivity index (χ2v) is 20.6. The Balaban J connectivity index is 1.63. The number of aliphatic imine (C=N–C) groups is 2. The van der Waals surface area contributed by atoms with Crippen molar-refractivity contribution in [3.63, 3.8) is 0 Å². The molecule has 0 aliphatic carbocycles. The second-order valence-electron chi connectivity index (χ2n) is 20.6. The first-order valence-corrected chi connectivity index (χ1v) is 27.6. The molecule has 0 aromatic heterocycles. The first-order valence-electron chi connectivity index (χ1n) is 27.6. The topological polar surface area (TPSA) is 485 Å². The third kappa shape index (κ3) is 22.9. The molecule has 1 heterocycles. The number of benzene rings is 3. The first-order chi connectivity index (χ1) is 39.9. The number of likely N-dealkylation sites (tertiary alicyclic amines) is 1. The number of phenols is 1. The average Bonchev–Trinajstić information content (AvgIpc) is 4.17. The minimum atomic E-state index is -1.50. The maximum Gasteiger partial charge on any atom is 0.245 e. The molecule has 1 fully saturated rings. The highest BCUT2D eigenvalue weighted by atomic mass is 16.3. The zero-order valence-corrected chi connectivity index (χ0v) is 47.3. The van der Waals surface area contributed by atoms with Crippen LogP contribution in [0.3, 0.4) is 0 Å². The van der Waals surface area contributed by atoms with E-state index in [1.165, 1.54) is 17.0 Å². The second kappa shape index (κ2) is 34.2. The summed E-state index contributed by atoms with van der Waals surface area (Å²) in [5.74, 6) is -9.01. The lowest BCUT2D eigenvalue weighted by atomic mass is 9.98. The Kier molecular flexibility index (Phi) is 27.3. The van der Waals surface area contributed by atoms with Gasteiger partial charge in [0.15, 0.2) is 11.9 Å². The Bertz CT molecular complexity index is 2780. The smallest absolute Gasteiger partial charge is 0.245 e. The number of carbonyl (C=O) groups is 10. The van der Waals surface area contributed by atoms with Crippen LogP contribution in [0.2, 0.25) is 0 Å². The molecule has 1 saturated heterocycles. The molecular weight excluding hydrogens is 1090 g/mol. The molecule has 10 amide bonds. The summed E-state index contributed by atoms with van der Waals surface area (Å²) in [4.78, 5) is 147. The molecule has 28 heteroatoms. The number of hydrogen-bond acceptors (Lipinski definition) is 14.